The molecule has 154 valence electrons. The molecule has 4 rings (SSSR count). The molecule has 1 aliphatic carbocycles. The summed E-state index contributed by atoms with van der Waals surface area (Å²) in [4.78, 5) is 23.9. The van der Waals surface area contributed by atoms with E-state index < -0.39 is 11.7 Å². The summed E-state index contributed by atoms with van der Waals surface area (Å²) in [6, 6.07) is -0.337. The summed E-state index contributed by atoms with van der Waals surface area (Å²) in [5.74, 6) is 0.233. The number of aromatic nitrogens is 2. The number of rotatable bonds is 2. The molecule has 2 aliphatic heterocycles. The van der Waals surface area contributed by atoms with Crippen molar-refractivity contribution in [3.63, 3.8) is 0 Å². The summed E-state index contributed by atoms with van der Waals surface area (Å²) in [7, 11) is 0. The number of amides is 1. The number of ether oxygens (including phenoxy) is 1. The molecule has 1 spiro atoms. The molecule has 3 fully saturated rings. The van der Waals surface area contributed by atoms with Gasteiger partial charge in [-0.1, -0.05) is 0 Å². The van der Waals surface area contributed by atoms with Crippen molar-refractivity contribution in [2.24, 2.45) is 0 Å². The number of carbonyl (C=O) groups is 1. The molecule has 3 heterocycles. The fourth-order valence-electron chi connectivity index (χ4n) is 4.40. The number of hydrogen-bond donors (Lipinski definition) is 1. The molecule has 0 radical (unpaired) electrons. The van der Waals surface area contributed by atoms with Gasteiger partial charge in [-0.25, -0.2) is 14.8 Å². The Bertz CT molecular complexity index is 718. The topological polar surface area (TPSA) is 70.6 Å². The number of halogens is 3. The number of alkyl halides is 3. The van der Waals surface area contributed by atoms with E-state index in [-0.39, 0.29) is 35.8 Å². The molecule has 1 N–H and O–H groups in total. The lowest BCUT2D eigenvalue weighted by Crippen LogP contribution is -2.67. The van der Waals surface area contributed by atoms with Crippen LogP contribution < -0.4 is 10.2 Å². The van der Waals surface area contributed by atoms with Crippen LogP contribution in [0.25, 0.3) is 0 Å². The Morgan fingerprint density at radius 1 is 1.21 bits per heavy atom. The van der Waals surface area contributed by atoms with Gasteiger partial charge in [-0.2, -0.15) is 13.2 Å². The van der Waals surface area contributed by atoms with E-state index in [0.29, 0.717) is 13.1 Å². The largest absolute Gasteiger partial charge is 0.446 e. The first kappa shape index (κ1) is 19.2. The second kappa shape index (κ2) is 6.75. The number of nitrogens with zero attached hydrogens (tertiary/aromatic N) is 4. The van der Waals surface area contributed by atoms with Gasteiger partial charge in [-0.15, -0.1) is 0 Å². The zero-order valence-electron chi connectivity index (χ0n) is 15.9. The van der Waals surface area contributed by atoms with E-state index in [0.717, 1.165) is 38.2 Å². The number of piperazine rings is 1. The quantitative estimate of drug-likeness (QED) is 0.824. The lowest BCUT2D eigenvalue weighted by Gasteiger charge is -2.54. The summed E-state index contributed by atoms with van der Waals surface area (Å²) in [6.07, 6.45) is -0.389. The van der Waals surface area contributed by atoms with E-state index in [1.54, 1.807) is 9.80 Å². The van der Waals surface area contributed by atoms with E-state index >= 15 is 0 Å². The van der Waals surface area contributed by atoms with Crippen molar-refractivity contribution in [2.45, 2.75) is 63.0 Å². The molecule has 0 aromatic carbocycles. The third-order valence-electron chi connectivity index (χ3n) is 5.99. The molecule has 2 atom stereocenters. The normalized spacial score (nSPS) is 32.7. The maximum Gasteiger partial charge on any atom is 0.419 e. The molecule has 7 nitrogen and oxygen atoms in total. The van der Waals surface area contributed by atoms with Crippen molar-refractivity contribution in [1.29, 1.82) is 0 Å². The van der Waals surface area contributed by atoms with E-state index in [4.69, 9.17) is 4.74 Å². The van der Waals surface area contributed by atoms with Gasteiger partial charge in [-0.3, -0.25) is 4.90 Å². The summed E-state index contributed by atoms with van der Waals surface area (Å²) in [6.45, 7) is 5.68. The van der Waals surface area contributed by atoms with Gasteiger partial charge in [0.15, 0.2) is 0 Å². The Kier molecular flexibility index (Phi) is 4.64. The van der Waals surface area contributed by atoms with Crippen molar-refractivity contribution in [3.8, 4) is 0 Å². The highest BCUT2D eigenvalue weighted by Gasteiger charge is 2.50. The van der Waals surface area contributed by atoms with E-state index in [9.17, 15) is 18.0 Å². The van der Waals surface area contributed by atoms with Crippen LogP contribution in [0.4, 0.5) is 23.9 Å². The Balaban J connectivity index is 1.35. The molecule has 1 saturated carbocycles. The van der Waals surface area contributed by atoms with E-state index in [1.165, 1.54) is 0 Å². The first-order chi connectivity index (χ1) is 13.2. The maximum absolute atomic E-state index is 12.7. The van der Waals surface area contributed by atoms with Crippen molar-refractivity contribution >= 4 is 12.0 Å². The van der Waals surface area contributed by atoms with Crippen LogP contribution in [-0.2, 0) is 10.9 Å². The summed E-state index contributed by atoms with van der Waals surface area (Å²) >= 11 is 0. The SMILES string of the molecule is C[C@@H]1CN(c2ncc(C(F)(F)F)cn2)C[C@H](C)N1C(=O)OC1CC2(CCN2)C1. The van der Waals surface area contributed by atoms with Gasteiger partial charge in [-0.05, 0) is 26.8 Å². The molecule has 28 heavy (non-hydrogen) atoms. The Labute approximate surface area is 161 Å². The fraction of sp³-hybridized carbons (Fsp3) is 0.722. The molecular formula is C18H24F3N5O2. The van der Waals surface area contributed by atoms with E-state index in [1.807, 2.05) is 13.8 Å². The first-order valence-electron chi connectivity index (χ1n) is 9.55. The minimum atomic E-state index is -4.46. The third kappa shape index (κ3) is 3.49. The maximum atomic E-state index is 12.7. The van der Waals surface area contributed by atoms with Gasteiger partial charge < -0.3 is 15.0 Å². The van der Waals surface area contributed by atoms with Crippen LogP contribution in [-0.4, -0.2) is 64.3 Å². The van der Waals surface area contributed by atoms with Crippen molar-refractivity contribution in [2.75, 3.05) is 24.5 Å². The van der Waals surface area contributed by atoms with Crippen LogP contribution in [0.2, 0.25) is 0 Å². The van der Waals surface area contributed by atoms with Crippen LogP contribution in [0, 0.1) is 0 Å². The molecule has 0 unspecified atom stereocenters. The minimum Gasteiger partial charge on any atom is -0.446 e. The Morgan fingerprint density at radius 3 is 2.25 bits per heavy atom. The van der Waals surface area contributed by atoms with Crippen molar-refractivity contribution < 1.29 is 22.7 Å². The Hall–Kier alpha value is -2.10. The summed E-state index contributed by atoms with van der Waals surface area (Å²) in [5.41, 5.74) is -0.681. The molecule has 0 bridgehead atoms. The molecule has 1 aromatic heterocycles. The predicted molar refractivity (Wildman–Crippen MR) is 94.9 cm³/mol. The molecular weight excluding hydrogens is 375 g/mol. The second-order valence-corrected chi connectivity index (χ2v) is 8.15. The summed E-state index contributed by atoms with van der Waals surface area (Å²) < 4.78 is 43.7. The highest BCUT2D eigenvalue weighted by molar-refractivity contribution is 5.69. The highest BCUT2D eigenvalue weighted by Crippen LogP contribution is 2.41. The first-order valence-corrected chi connectivity index (χ1v) is 9.55. The zero-order valence-corrected chi connectivity index (χ0v) is 15.9. The monoisotopic (exact) mass is 399 g/mol. The number of hydrogen-bond acceptors (Lipinski definition) is 6. The van der Waals surface area contributed by atoms with Crippen LogP contribution in [0.5, 0.6) is 0 Å². The van der Waals surface area contributed by atoms with Gasteiger partial charge >= 0.3 is 12.3 Å². The van der Waals surface area contributed by atoms with Gasteiger partial charge in [0.1, 0.15) is 6.10 Å². The van der Waals surface area contributed by atoms with Crippen LogP contribution in [0.3, 0.4) is 0 Å². The van der Waals surface area contributed by atoms with Gasteiger partial charge in [0.25, 0.3) is 0 Å². The molecule has 3 aliphatic rings. The van der Waals surface area contributed by atoms with Crippen LogP contribution in [0.1, 0.15) is 38.7 Å². The van der Waals surface area contributed by atoms with E-state index in [2.05, 4.69) is 15.3 Å². The number of anilines is 1. The minimum absolute atomic E-state index is 0.0454. The van der Waals surface area contributed by atoms with Gasteiger partial charge in [0.05, 0.1) is 17.6 Å². The van der Waals surface area contributed by atoms with Crippen molar-refractivity contribution in [1.82, 2.24) is 20.2 Å². The molecule has 1 aromatic rings. The molecule has 10 heteroatoms. The summed E-state index contributed by atoms with van der Waals surface area (Å²) in [5, 5.41) is 3.40. The predicted octanol–water partition coefficient (Wildman–Crippen LogP) is 2.43. The third-order valence-corrected chi connectivity index (χ3v) is 5.99. The Morgan fingerprint density at radius 2 is 1.79 bits per heavy atom. The average Bonchev–Trinajstić information content (AvgIpc) is 2.54. The average molecular weight is 399 g/mol. The smallest absolute Gasteiger partial charge is 0.419 e. The number of carbonyl (C=O) groups excluding carboxylic acids is 1. The lowest BCUT2D eigenvalue weighted by atomic mass is 9.68. The van der Waals surface area contributed by atoms with Gasteiger partial charge in [0, 0.05) is 43.9 Å². The van der Waals surface area contributed by atoms with Crippen LogP contribution >= 0.6 is 0 Å². The molecule has 2 saturated heterocycles. The van der Waals surface area contributed by atoms with Crippen molar-refractivity contribution in [3.05, 3.63) is 18.0 Å². The fourth-order valence-corrected chi connectivity index (χ4v) is 4.40. The molecule has 1 amide bonds. The van der Waals surface area contributed by atoms with Gasteiger partial charge in [0.2, 0.25) is 5.95 Å². The highest BCUT2D eigenvalue weighted by atomic mass is 19.4. The standard InChI is InChI=1S/C18H24F3N5O2/c1-11-9-25(15-22-7-13(8-23-15)18(19,20)21)10-12(2)26(11)16(27)28-14-5-17(6-14)3-4-24-17/h7-8,11-12,14,24H,3-6,9-10H2,1-2H3/t11-,12+,14?,17?. The lowest BCUT2D eigenvalue weighted by molar-refractivity contribution is -0.138. The van der Waals surface area contributed by atoms with Crippen LogP contribution in [0.15, 0.2) is 12.4 Å². The second-order valence-electron chi connectivity index (χ2n) is 8.15. The zero-order chi connectivity index (χ0) is 20.1. The number of nitrogens with one attached hydrogen (secondary N) is 1.